The normalized spacial score (nSPS) is 10.6. The van der Waals surface area contributed by atoms with Gasteiger partial charge in [-0.25, -0.2) is 0 Å². The van der Waals surface area contributed by atoms with Crippen molar-refractivity contribution in [1.82, 2.24) is 4.57 Å². The standard InChI is InChI=1S/C18H15ClN2O3/c1-24-15-5-6-17-16(8-15)12(11-22)9-21(17)10-18(23)20-14-4-2-3-13(19)7-14/h2-9,11H,10H2,1H3,(H,20,23). The molecule has 6 heteroatoms. The summed E-state index contributed by atoms with van der Waals surface area (Å²) in [6.07, 6.45) is 2.43. The number of amides is 1. The molecule has 3 rings (SSSR count). The van der Waals surface area contributed by atoms with Crippen LogP contribution in [0, 0.1) is 0 Å². The lowest BCUT2D eigenvalue weighted by atomic mass is 10.2. The molecule has 0 bridgehead atoms. The van der Waals surface area contributed by atoms with Crippen molar-refractivity contribution in [2.75, 3.05) is 12.4 Å². The number of nitrogens with zero attached hydrogens (tertiary/aromatic N) is 1. The van der Waals surface area contributed by atoms with Gasteiger partial charge in [-0.2, -0.15) is 0 Å². The zero-order valence-electron chi connectivity index (χ0n) is 13.0. The smallest absolute Gasteiger partial charge is 0.244 e. The maximum atomic E-state index is 12.3. The summed E-state index contributed by atoms with van der Waals surface area (Å²) in [5.41, 5.74) is 1.93. The SMILES string of the molecule is COc1ccc2c(c1)c(C=O)cn2CC(=O)Nc1cccc(Cl)c1. The summed E-state index contributed by atoms with van der Waals surface area (Å²) >= 11 is 5.91. The van der Waals surface area contributed by atoms with Crippen molar-refractivity contribution in [3.63, 3.8) is 0 Å². The minimum absolute atomic E-state index is 0.0865. The van der Waals surface area contributed by atoms with E-state index in [0.29, 0.717) is 22.0 Å². The van der Waals surface area contributed by atoms with E-state index in [1.807, 2.05) is 6.07 Å². The van der Waals surface area contributed by atoms with Gasteiger partial charge in [-0.1, -0.05) is 17.7 Å². The highest BCUT2D eigenvalue weighted by Gasteiger charge is 2.12. The highest BCUT2D eigenvalue weighted by atomic mass is 35.5. The maximum Gasteiger partial charge on any atom is 0.244 e. The zero-order valence-corrected chi connectivity index (χ0v) is 13.7. The van der Waals surface area contributed by atoms with Crippen LogP contribution in [-0.2, 0) is 11.3 Å². The van der Waals surface area contributed by atoms with E-state index in [9.17, 15) is 9.59 Å². The third-order valence-corrected chi connectivity index (χ3v) is 3.90. The molecule has 1 amide bonds. The minimum atomic E-state index is -0.206. The van der Waals surface area contributed by atoms with Crippen LogP contribution < -0.4 is 10.1 Å². The number of halogens is 1. The summed E-state index contributed by atoms with van der Waals surface area (Å²) in [6, 6.07) is 12.3. The Morgan fingerprint density at radius 1 is 1.29 bits per heavy atom. The van der Waals surface area contributed by atoms with Gasteiger partial charge in [0, 0.05) is 33.4 Å². The number of hydrogen-bond donors (Lipinski definition) is 1. The summed E-state index contributed by atoms with van der Waals surface area (Å²) < 4.78 is 6.92. The van der Waals surface area contributed by atoms with Crippen LogP contribution in [0.4, 0.5) is 5.69 Å². The van der Waals surface area contributed by atoms with Gasteiger partial charge in [-0.15, -0.1) is 0 Å². The summed E-state index contributed by atoms with van der Waals surface area (Å²) in [6.45, 7) is 0.0865. The Morgan fingerprint density at radius 3 is 2.83 bits per heavy atom. The summed E-state index contributed by atoms with van der Waals surface area (Å²) in [4.78, 5) is 23.5. The fourth-order valence-corrected chi connectivity index (χ4v) is 2.77. The molecule has 0 aliphatic carbocycles. The first-order valence-corrected chi connectivity index (χ1v) is 7.66. The first-order valence-electron chi connectivity index (χ1n) is 7.28. The molecule has 3 aromatic rings. The number of methoxy groups -OCH3 is 1. The Balaban J connectivity index is 1.87. The van der Waals surface area contributed by atoms with E-state index in [4.69, 9.17) is 16.3 Å². The van der Waals surface area contributed by atoms with Crippen molar-refractivity contribution >= 4 is 40.4 Å². The third kappa shape index (κ3) is 3.26. The quantitative estimate of drug-likeness (QED) is 0.718. The second-order valence-electron chi connectivity index (χ2n) is 5.27. The number of anilines is 1. The second kappa shape index (κ2) is 6.76. The first-order chi connectivity index (χ1) is 11.6. The predicted molar refractivity (Wildman–Crippen MR) is 94.0 cm³/mol. The number of aromatic nitrogens is 1. The maximum absolute atomic E-state index is 12.3. The van der Waals surface area contributed by atoms with Gasteiger partial charge < -0.3 is 14.6 Å². The molecule has 5 nitrogen and oxygen atoms in total. The molecular formula is C18H15ClN2O3. The molecule has 1 N–H and O–H groups in total. The molecule has 1 aromatic heterocycles. The van der Waals surface area contributed by atoms with E-state index in [-0.39, 0.29) is 12.5 Å². The second-order valence-corrected chi connectivity index (χ2v) is 5.71. The number of fused-ring (bicyclic) bond motifs is 1. The van der Waals surface area contributed by atoms with Crippen LogP contribution in [0.2, 0.25) is 5.02 Å². The van der Waals surface area contributed by atoms with Gasteiger partial charge >= 0.3 is 0 Å². The van der Waals surface area contributed by atoms with Gasteiger partial charge in [-0.05, 0) is 36.4 Å². The number of carbonyl (C=O) groups is 2. The number of aldehydes is 1. The molecular weight excluding hydrogens is 328 g/mol. The molecule has 0 radical (unpaired) electrons. The number of benzene rings is 2. The average molecular weight is 343 g/mol. The number of rotatable bonds is 5. The van der Waals surface area contributed by atoms with Crippen molar-refractivity contribution in [2.45, 2.75) is 6.54 Å². The fraction of sp³-hybridized carbons (Fsp3) is 0.111. The Bertz CT molecular complexity index is 918. The summed E-state index contributed by atoms with van der Waals surface area (Å²) in [5, 5.41) is 4.09. The number of nitrogens with one attached hydrogen (secondary N) is 1. The number of ether oxygens (including phenoxy) is 1. The van der Waals surface area contributed by atoms with E-state index in [1.54, 1.807) is 54.3 Å². The molecule has 0 saturated heterocycles. The summed E-state index contributed by atoms with van der Waals surface area (Å²) in [5.74, 6) is 0.453. The van der Waals surface area contributed by atoms with E-state index in [0.717, 1.165) is 17.2 Å². The lowest BCUT2D eigenvalue weighted by molar-refractivity contribution is -0.116. The predicted octanol–water partition coefficient (Wildman–Crippen LogP) is 3.75. The topological polar surface area (TPSA) is 60.3 Å². The van der Waals surface area contributed by atoms with E-state index >= 15 is 0 Å². The molecule has 2 aromatic carbocycles. The van der Waals surface area contributed by atoms with Crippen molar-refractivity contribution in [2.24, 2.45) is 0 Å². The van der Waals surface area contributed by atoms with Gasteiger partial charge in [0.15, 0.2) is 6.29 Å². The van der Waals surface area contributed by atoms with Gasteiger partial charge in [0.05, 0.1) is 7.11 Å². The average Bonchev–Trinajstić information content (AvgIpc) is 2.91. The highest BCUT2D eigenvalue weighted by molar-refractivity contribution is 6.30. The molecule has 0 atom stereocenters. The molecule has 24 heavy (non-hydrogen) atoms. The monoisotopic (exact) mass is 342 g/mol. The molecule has 0 spiro atoms. The summed E-state index contributed by atoms with van der Waals surface area (Å²) in [7, 11) is 1.57. The Labute approximate surface area is 143 Å². The largest absolute Gasteiger partial charge is 0.497 e. The fourth-order valence-electron chi connectivity index (χ4n) is 2.58. The van der Waals surface area contributed by atoms with Crippen molar-refractivity contribution in [3.8, 4) is 5.75 Å². The molecule has 0 aliphatic heterocycles. The van der Waals surface area contributed by atoms with Gasteiger partial charge in [-0.3, -0.25) is 9.59 Å². The minimum Gasteiger partial charge on any atom is -0.497 e. The highest BCUT2D eigenvalue weighted by Crippen LogP contribution is 2.25. The zero-order chi connectivity index (χ0) is 17.1. The first kappa shape index (κ1) is 16.1. The molecule has 1 heterocycles. The van der Waals surface area contributed by atoms with Crippen molar-refractivity contribution in [3.05, 3.63) is 59.2 Å². The van der Waals surface area contributed by atoms with Crippen LogP contribution in [0.15, 0.2) is 48.7 Å². The van der Waals surface area contributed by atoms with Crippen LogP contribution >= 0.6 is 11.6 Å². The molecule has 0 unspecified atom stereocenters. The van der Waals surface area contributed by atoms with Crippen molar-refractivity contribution in [1.29, 1.82) is 0 Å². The van der Waals surface area contributed by atoms with Gasteiger partial charge in [0.2, 0.25) is 5.91 Å². The lowest BCUT2D eigenvalue weighted by Crippen LogP contribution is -2.18. The van der Waals surface area contributed by atoms with E-state index < -0.39 is 0 Å². The number of hydrogen-bond acceptors (Lipinski definition) is 3. The molecule has 122 valence electrons. The Hall–Kier alpha value is -2.79. The lowest BCUT2D eigenvalue weighted by Gasteiger charge is -2.08. The third-order valence-electron chi connectivity index (χ3n) is 3.67. The van der Waals surface area contributed by atoms with E-state index in [2.05, 4.69) is 5.32 Å². The molecule has 0 saturated carbocycles. The van der Waals surface area contributed by atoms with Crippen molar-refractivity contribution < 1.29 is 14.3 Å². The number of carbonyl (C=O) groups excluding carboxylic acids is 2. The van der Waals surface area contributed by atoms with E-state index in [1.165, 1.54) is 0 Å². The Kier molecular flexibility index (Phi) is 4.53. The Morgan fingerprint density at radius 2 is 2.12 bits per heavy atom. The van der Waals surface area contributed by atoms with Crippen LogP contribution in [-0.4, -0.2) is 23.9 Å². The van der Waals surface area contributed by atoms with Gasteiger partial charge in [0.25, 0.3) is 0 Å². The van der Waals surface area contributed by atoms with Crippen LogP contribution in [0.3, 0.4) is 0 Å². The van der Waals surface area contributed by atoms with Crippen LogP contribution in [0.25, 0.3) is 10.9 Å². The van der Waals surface area contributed by atoms with Crippen LogP contribution in [0.1, 0.15) is 10.4 Å². The van der Waals surface area contributed by atoms with Crippen LogP contribution in [0.5, 0.6) is 5.75 Å². The van der Waals surface area contributed by atoms with Gasteiger partial charge in [0.1, 0.15) is 12.3 Å². The molecule has 0 fully saturated rings. The molecule has 0 aliphatic rings.